The van der Waals surface area contributed by atoms with Gasteiger partial charge in [-0.05, 0) is 85.4 Å². The second-order valence-electron chi connectivity index (χ2n) is 19.2. The second kappa shape index (κ2) is 17.0. The molecule has 9 N–H and O–H groups in total. The first-order valence-corrected chi connectivity index (χ1v) is 22.9. The number of fused-ring (bicyclic) bond motifs is 4. The largest absolute Gasteiger partial charge is 0.508 e. The van der Waals surface area contributed by atoms with Crippen molar-refractivity contribution in [2.45, 2.75) is 100 Å². The van der Waals surface area contributed by atoms with E-state index in [-0.39, 0.29) is 41.1 Å². The average molecular weight is 907 g/mol. The summed E-state index contributed by atoms with van der Waals surface area (Å²) in [4.78, 5) is 45.3. The minimum Gasteiger partial charge on any atom is -0.508 e. The summed E-state index contributed by atoms with van der Waals surface area (Å²) in [5.74, 6) is 0.691. The molecule has 66 heavy (non-hydrogen) atoms. The lowest BCUT2D eigenvalue weighted by Crippen LogP contribution is -3.01. The molecule has 9 atom stereocenters. The summed E-state index contributed by atoms with van der Waals surface area (Å²) >= 11 is 0. The molecule has 1 unspecified atom stereocenters. The molecule has 5 heterocycles. The van der Waals surface area contributed by atoms with Gasteiger partial charge in [0.1, 0.15) is 77.9 Å². The number of carbonyl (C=O) groups excluding carboxylic acids is 1. The Kier molecular flexibility index (Phi) is 11.5. The molecule has 2 fully saturated rings. The highest BCUT2D eigenvalue weighted by atomic mass is 17.2. The number of phenols is 2. The van der Waals surface area contributed by atoms with E-state index in [0.29, 0.717) is 76.0 Å². The molecule has 4 aliphatic heterocycles. The van der Waals surface area contributed by atoms with Crippen molar-refractivity contribution >= 4 is 39.6 Å². The topological polar surface area (TPSA) is 245 Å². The van der Waals surface area contributed by atoms with E-state index in [4.69, 9.17) is 18.9 Å². The molecule has 1 saturated carbocycles. The summed E-state index contributed by atoms with van der Waals surface area (Å²) in [7, 11) is 0. The zero-order valence-electron chi connectivity index (χ0n) is 36.6. The molecule has 16 nitrogen and oxygen atoms in total. The fourth-order valence-electron chi connectivity index (χ4n) is 11.7. The van der Waals surface area contributed by atoms with Gasteiger partial charge in [0.25, 0.3) is 0 Å². The Morgan fingerprint density at radius 1 is 1.03 bits per heavy atom. The number of aliphatic hydroxyl groups is 5. The highest BCUT2D eigenvalue weighted by Gasteiger charge is 2.57. The number of rotatable bonds is 12. The lowest BCUT2D eigenvalue weighted by Gasteiger charge is -2.49. The molecule has 10 rings (SSSR count). The van der Waals surface area contributed by atoms with E-state index in [0.717, 1.165) is 48.3 Å². The highest BCUT2D eigenvalue weighted by Crippen LogP contribution is 2.54. The second-order valence-corrected chi connectivity index (χ2v) is 19.2. The number of benzene rings is 3. The van der Waals surface area contributed by atoms with Crippen molar-refractivity contribution in [1.29, 1.82) is 0 Å². The van der Waals surface area contributed by atoms with Crippen molar-refractivity contribution in [3.05, 3.63) is 105 Å². The van der Waals surface area contributed by atoms with Gasteiger partial charge in [-0.3, -0.25) is 19.5 Å². The standard InChI is InChI=1S/C50H55N3O13/c1-27-16-39(57)35-17-31-18-41(66-63-26-49(62,46(60)43(59)40(58)25-54)20-28-7-10-38(56)33-9-8-32(55)19-34(28)33)50(65-44(31)42(45(35)64-27)53-23-30-11-15-51-37(30)24-53)14-5-6-29(21-50)36-22-52-47(61)48(36)12-3-2-4-13-48/h5-11,15-17,19,24,29,36,40-41,43,46,54-56,58-60,62H,2-4,12-14,18,20-23,25-26H2,1H3,(H,52,61)/p+1/t29-,36+,40-,41-,43-,46+,49+,50-/m1/s1. The molecule has 6 aliphatic rings. The lowest BCUT2D eigenvalue weighted by molar-refractivity contribution is -0.763. The number of hydrogen-bond acceptors (Lipinski definition) is 14. The molecule has 0 radical (unpaired) electrons. The minimum absolute atomic E-state index is 0.0283. The van der Waals surface area contributed by atoms with Gasteiger partial charge in [-0.2, -0.15) is 0 Å². The van der Waals surface area contributed by atoms with Crippen LogP contribution in [0.25, 0.3) is 21.7 Å². The van der Waals surface area contributed by atoms with Gasteiger partial charge in [-0.1, -0.05) is 37.5 Å². The molecule has 3 aromatic carbocycles. The number of carbonyl (C=O) groups is 1. The van der Waals surface area contributed by atoms with E-state index in [1.54, 1.807) is 19.2 Å². The molecular weight excluding hydrogens is 851 g/mol. The van der Waals surface area contributed by atoms with Gasteiger partial charge in [0, 0.05) is 54.6 Å². The van der Waals surface area contributed by atoms with E-state index in [1.165, 1.54) is 36.4 Å². The quantitative estimate of drug-likeness (QED) is 0.0565. The monoisotopic (exact) mass is 906 g/mol. The van der Waals surface area contributed by atoms with Gasteiger partial charge in [0.15, 0.2) is 11.2 Å². The smallest absolute Gasteiger partial charge is 0.226 e. The molecule has 1 aromatic heterocycles. The maximum atomic E-state index is 13.7. The Morgan fingerprint density at radius 2 is 1.85 bits per heavy atom. The van der Waals surface area contributed by atoms with Crippen molar-refractivity contribution in [1.82, 2.24) is 5.32 Å². The van der Waals surface area contributed by atoms with Crippen LogP contribution in [0.15, 0.2) is 92.4 Å². The van der Waals surface area contributed by atoms with Crippen molar-refractivity contribution < 1.29 is 64.4 Å². The average Bonchev–Trinajstić information content (AvgIpc) is 4.01. The van der Waals surface area contributed by atoms with Crippen LogP contribution in [0.2, 0.25) is 0 Å². The summed E-state index contributed by atoms with van der Waals surface area (Å²) in [6.45, 7) is 1.08. The van der Waals surface area contributed by atoms with E-state index < -0.39 is 60.7 Å². The fraction of sp³-hybridized carbons (Fsp3) is 0.460. The van der Waals surface area contributed by atoms with Gasteiger partial charge >= 0.3 is 0 Å². The van der Waals surface area contributed by atoms with E-state index >= 15 is 0 Å². The molecule has 1 amide bonds. The fourth-order valence-corrected chi connectivity index (χ4v) is 11.7. The number of nitrogens with one attached hydrogen (secondary N) is 2. The summed E-state index contributed by atoms with van der Waals surface area (Å²) in [6.07, 6.45) is 8.15. The zero-order valence-corrected chi connectivity index (χ0v) is 36.6. The Balaban J connectivity index is 1.04. The number of phenolic OH excluding ortho intramolecular Hbond substituents is 2. The van der Waals surface area contributed by atoms with E-state index in [9.17, 15) is 45.3 Å². The van der Waals surface area contributed by atoms with E-state index in [1.807, 2.05) is 12.3 Å². The first kappa shape index (κ1) is 44.4. The predicted molar refractivity (Wildman–Crippen MR) is 240 cm³/mol. The molecule has 348 valence electrons. The molecule has 0 bridgehead atoms. The van der Waals surface area contributed by atoms with Crippen molar-refractivity contribution in [3.63, 3.8) is 0 Å². The van der Waals surface area contributed by atoms with Crippen LogP contribution < -0.4 is 20.4 Å². The molecule has 2 aliphatic carbocycles. The van der Waals surface area contributed by atoms with Gasteiger partial charge in [0.05, 0.1) is 17.4 Å². The van der Waals surface area contributed by atoms with Crippen LogP contribution in [-0.4, -0.2) is 110 Å². The number of nitrogens with zero attached hydrogens (tertiary/aromatic N) is 1. The van der Waals surface area contributed by atoms with Gasteiger partial charge in [-0.25, -0.2) is 9.78 Å². The number of amides is 1. The van der Waals surface area contributed by atoms with Gasteiger partial charge in [-0.15, -0.1) is 0 Å². The molecule has 2 spiro atoms. The Bertz CT molecular complexity index is 2780. The maximum absolute atomic E-state index is 13.7. The number of quaternary nitrogens is 1. The van der Waals surface area contributed by atoms with Crippen molar-refractivity contribution in [2.75, 3.05) is 26.3 Å². The lowest BCUT2D eigenvalue weighted by atomic mass is 9.60. The van der Waals surface area contributed by atoms with Crippen LogP contribution in [0.3, 0.4) is 0 Å². The normalized spacial score (nSPS) is 27.6. The number of aryl methyl sites for hydroxylation is 1. The van der Waals surface area contributed by atoms with Crippen LogP contribution in [0.5, 0.6) is 17.2 Å². The third-order valence-corrected chi connectivity index (χ3v) is 15.1. The van der Waals surface area contributed by atoms with Crippen LogP contribution in [-0.2, 0) is 27.4 Å². The maximum Gasteiger partial charge on any atom is 0.226 e. The first-order valence-electron chi connectivity index (χ1n) is 22.9. The first-order chi connectivity index (χ1) is 31.7. The number of aromatic hydroxyl groups is 2. The molecule has 1 saturated heterocycles. The summed E-state index contributed by atoms with van der Waals surface area (Å²) in [5, 5.41) is 80.4. The Morgan fingerprint density at radius 3 is 2.64 bits per heavy atom. The van der Waals surface area contributed by atoms with Gasteiger partial charge in [0.2, 0.25) is 17.2 Å². The number of allylic oxidation sites excluding steroid dienone is 2. The van der Waals surface area contributed by atoms with Gasteiger partial charge < -0.3 is 50.2 Å². The molecule has 4 aromatic rings. The van der Waals surface area contributed by atoms with E-state index in [2.05, 4.69) is 22.5 Å². The minimum atomic E-state index is -2.41. The van der Waals surface area contributed by atoms with Crippen LogP contribution >= 0.6 is 0 Å². The Hall–Kier alpha value is -5.43. The van der Waals surface area contributed by atoms with Crippen LogP contribution in [0, 0.1) is 24.2 Å². The summed E-state index contributed by atoms with van der Waals surface area (Å²) in [5.41, 5.74) is -0.416. The third-order valence-electron chi connectivity index (χ3n) is 15.1. The zero-order chi connectivity index (χ0) is 46.1. The number of hydrogen-bond donors (Lipinski definition) is 9. The number of aliphatic hydroxyl groups excluding tert-OH is 4. The predicted octanol–water partition coefficient (Wildman–Crippen LogP) is 2.75. The molecule has 16 heteroatoms. The SMILES string of the molecule is Cc1cc(=O)c2cc3c(c([NH+]4C=C5N=CC=C5C4)c2o1)O[C@@]1(CC=C[C@@H]([C@@H]2CNC(=O)C24CCCCC4)C1)[C@H](OOC[C@@](O)(Cc1ccc(O)c2ccc(O)cc12)[C@@H](O)[C@H](O)[C@H](O)CO)C3. The number of aliphatic imine (C=N–C) groups is 1. The highest BCUT2D eigenvalue weighted by molar-refractivity contribution is 5.92. The van der Waals surface area contributed by atoms with Crippen molar-refractivity contribution in [2.24, 2.45) is 22.2 Å². The van der Waals surface area contributed by atoms with Crippen molar-refractivity contribution in [3.8, 4) is 17.2 Å². The molecular formula is C50H56N3O13+. The third kappa shape index (κ3) is 7.53. The Labute approximate surface area is 379 Å². The van der Waals surface area contributed by atoms with Crippen LogP contribution in [0.4, 0.5) is 5.69 Å². The number of ether oxygens (including phenoxy) is 1. The van der Waals surface area contributed by atoms with Crippen LogP contribution in [0.1, 0.15) is 61.8 Å². The summed E-state index contributed by atoms with van der Waals surface area (Å²) < 4.78 is 13.8. The summed E-state index contributed by atoms with van der Waals surface area (Å²) in [6, 6.07) is 10.4.